The summed E-state index contributed by atoms with van der Waals surface area (Å²) in [6.07, 6.45) is 12.8. The molecule has 0 aromatic heterocycles. The zero-order valence-corrected chi connectivity index (χ0v) is 22.2. The normalized spacial score (nSPS) is 56.2. The third-order valence-corrected chi connectivity index (χ3v) is 13.1. The Morgan fingerprint density at radius 1 is 0.719 bits per heavy atom. The predicted octanol–water partition coefficient (Wildman–Crippen LogP) is 7.14. The first-order valence-electron chi connectivity index (χ1n) is 13.7. The molecule has 0 bridgehead atoms. The first-order chi connectivity index (χ1) is 14.6. The third-order valence-electron chi connectivity index (χ3n) is 13.1. The Kier molecular flexibility index (Phi) is 4.87. The van der Waals surface area contributed by atoms with Crippen LogP contribution in [0.15, 0.2) is 11.6 Å². The van der Waals surface area contributed by atoms with Crippen molar-refractivity contribution in [3.05, 3.63) is 11.6 Å². The molecule has 5 aliphatic rings. The van der Waals surface area contributed by atoms with Gasteiger partial charge in [0.1, 0.15) is 0 Å². The third kappa shape index (κ3) is 2.72. The zero-order chi connectivity index (χ0) is 23.5. The molecule has 2 N–H and O–H groups in total. The maximum Gasteiger partial charge on any atom is 0.0604 e. The molecule has 32 heavy (non-hydrogen) atoms. The Bertz CT molecular complexity index is 825. The second-order valence-electron chi connectivity index (χ2n) is 15.3. The number of rotatable bonds is 0. The Morgan fingerprint density at radius 2 is 1.41 bits per heavy atom. The van der Waals surface area contributed by atoms with Crippen LogP contribution in [0.5, 0.6) is 0 Å². The van der Waals surface area contributed by atoms with Gasteiger partial charge in [0.05, 0.1) is 12.2 Å². The number of hydrogen-bond acceptors (Lipinski definition) is 2. The average Bonchev–Trinajstić information content (AvgIpc) is 2.67. The van der Waals surface area contributed by atoms with Crippen LogP contribution in [0.4, 0.5) is 0 Å². The minimum atomic E-state index is -0.180. The zero-order valence-electron chi connectivity index (χ0n) is 22.2. The summed E-state index contributed by atoms with van der Waals surface area (Å²) in [4.78, 5) is 0. The van der Waals surface area contributed by atoms with Crippen LogP contribution in [0, 0.1) is 50.2 Å². The molecule has 182 valence electrons. The fourth-order valence-electron chi connectivity index (χ4n) is 10.7. The van der Waals surface area contributed by atoms with Gasteiger partial charge < -0.3 is 10.2 Å². The second-order valence-corrected chi connectivity index (χ2v) is 15.3. The molecule has 0 amide bonds. The monoisotopic (exact) mass is 442 g/mol. The summed E-state index contributed by atoms with van der Waals surface area (Å²) in [6.45, 7) is 19.7. The lowest BCUT2D eigenvalue weighted by atomic mass is 9.33. The molecule has 5 rings (SSSR count). The first-order valence-corrected chi connectivity index (χ1v) is 13.7. The van der Waals surface area contributed by atoms with Crippen molar-refractivity contribution in [3.63, 3.8) is 0 Å². The van der Waals surface area contributed by atoms with Crippen LogP contribution in [0.3, 0.4) is 0 Å². The van der Waals surface area contributed by atoms with E-state index in [1.807, 2.05) is 0 Å². The van der Waals surface area contributed by atoms with Gasteiger partial charge >= 0.3 is 0 Å². The molecule has 0 radical (unpaired) electrons. The molecular formula is C30H50O2. The SMILES string of the molecule is CC1(C)C[C@@H](O)[C@]2(C)CC[C@]3(C)C(=CC[C@H]4[C@@]5(C)CC[C@H](O)C(C)(C)[C@@H]5CC[C@]43C)[C@@H]2C1. The molecule has 0 aromatic carbocycles. The standard InChI is InChI=1S/C30H50O2/c1-25(2)17-20-19-9-10-22-28(6)13-12-23(31)26(3,4)21(28)11-14-30(22,8)29(19,7)16-15-27(20,5)24(32)18-25/h9,20-24,31-32H,10-18H2,1-8H3/t20-,21-,22-,23-,24+,27+,28-,29+,30+/m0/s1. The topological polar surface area (TPSA) is 40.5 Å². The molecule has 0 unspecified atom stereocenters. The lowest BCUT2D eigenvalue weighted by Gasteiger charge is -2.71. The molecule has 0 heterocycles. The van der Waals surface area contributed by atoms with Gasteiger partial charge in [0.2, 0.25) is 0 Å². The van der Waals surface area contributed by atoms with Crippen LogP contribution in [-0.2, 0) is 0 Å². The van der Waals surface area contributed by atoms with Gasteiger partial charge in [-0.2, -0.15) is 0 Å². The molecule has 0 aromatic rings. The summed E-state index contributed by atoms with van der Waals surface area (Å²) >= 11 is 0. The highest BCUT2D eigenvalue weighted by molar-refractivity contribution is 5.34. The van der Waals surface area contributed by atoms with Crippen LogP contribution in [0.25, 0.3) is 0 Å². The van der Waals surface area contributed by atoms with E-state index >= 15 is 0 Å². The Morgan fingerprint density at radius 3 is 2.09 bits per heavy atom. The number of aliphatic hydroxyl groups is 2. The van der Waals surface area contributed by atoms with E-state index in [9.17, 15) is 10.2 Å². The minimum Gasteiger partial charge on any atom is -0.393 e. The molecule has 2 nitrogen and oxygen atoms in total. The fourth-order valence-corrected chi connectivity index (χ4v) is 10.7. The molecule has 5 aliphatic carbocycles. The largest absolute Gasteiger partial charge is 0.393 e. The summed E-state index contributed by atoms with van der Waals surface area (Å²) in [7, 11) is 0. The average molecular weight is 443 g/mol. The van der Waals surface area contributed by atoms with Gasteiger partial charge in [-0.05, 0) is 103 Å². The van der Waals surface area contributed by atoms with Gasteiger partial charge in [-0.25, -0.2) is 0 Å². The van der Waals surface area contributed by atoms with Crippen molar-refractivity contribution >= 4 is 0 Å². The highest BCUT2D eigenvalue weighted by Gasteiger charge is 2.68. The maximum atomic E-state index is 11.3. The Labute approximate surface area is 197 Å². The molecule has 0 saturated heterocycles. The van der Waals surface area contributed by atoms with Gasteiger partial charge in [0.15, 0.2) is 0 Å². The van der Waals surface area contributed by atoms with Gasteiger partial charge in [-0.15, -0.1) is 0 Å². The van der Waals surface area contributed by atoms with E-state index in [1.54, 1.807) is 5.57 Å². The Balaban J connectivity index is 1.58. The van der Waals surface area contributed by atoms with Crippen molar-refractivity contribution in [3.8, 4) is 0 Å². The van der Waals surface area contributed by atoms with Gasteiger partial charge in [-0.3, -0.25) is 0 Å². The van der Waals surface area contributed by atoms with E-state index in [0.29, 0.717) is 28.6 Å². The number of hydrogen-bond donors (Lipinski definition) is 2. The first kappa shape index (κ1) is 23.4. The van der Waals surface area contributed by atoms with Crippen molar-refractivity contribution in [2.24, 2.45) is 50.2 Å². The molecular weight excluding hydrogens is 392 g/mol. The summed E-state index contributed by atoms with van der Waals surface area (Å²) < 4.78 is 0. The number of aliphatic hydroxyl groups excluding tert-OH is 2. The Hall–Kier alpha value is -0.340. The maximum absolute atomic E-state index is 11.3. The predicted molar refractivity (Wildman–Crippen MR) is 132 cm³/mol. The second kappa shape index (κ2) is 6.66. The van der Waals surface area contributed by atoms with E-state index in [-0.39, 0.29) is 33.9 Å². The molecule has 0 aliphatic heterocycles. The minimum absolute atomic E-state index is 0.0157. The van der Waals surface area contributed by atoms with E-state index in [1.165, 1.54) is 38.5 Å². The van der Waals surface area contributed by atoms with Crippen LogP contribution < -0.4 is 0 Å². The van der Waals surface area contributed by atoms with Crippen molar-refractivity contribution in [2.75, 3.05) is 0 Å². The molecule has 0 spiro atoms. The van der Waals surface area contributed by atoms with Crippen LogP contribution in [-0.4, -0.2) is 22.4 Å². The van der Waals surface area contributed by atoms with E-state index < -0.39 is 0 Å². The molecule has 4 fully saturated rings. The lowest BCUT2D eigenvalue weighted by Crippen LogP contribution is -2.65. The van der Waals surface area contributed by atoms with Crippen LogP contribution in [0.2, 0.25) is 0 Å². The lowest BCUT2D eigenvalue weighted by molar-refractivity contribution is -0.207. The summed E-state index contributed by atoms with van der Waals surface area (Å²) in [5, 5.41) is 22.2. The van der Waals surface area contributed by atoms with Gasteiger partial charge in [0.25, 0.3) is 0 Å². The van der Waals surface area contributed by atoms with Gasteiger partial charge in [0, 0.05) is 5.41 Å². The smallest absolute Gasteiger partial charge is 0.0604 e. The molecule has 9 atom stereocenters. The van der Waals surface area contributed by atoms with Crippen LogP contribution in [0.1, 0.15) is 113 Å². The van der Waals surface area contributed by atoms with Crippen molar-refractivity contribution in [1.82, 2.24) is 0 Å². The van der Waals surface area contributed by atoms with E-state index in [2.05, 4.69) is 61.5 Å². The van der Waals surface area contributed by atoms with Crippen LogP contribution >= 0.6 is 0 Å². The molecule has 4 saturated carbocycles. The number of allylic oxidation sites excluding steroid dienone is 2. The highest BCUT2D eigenvalue weighted by Crippen LogP contribution is 2.75. The van der Waals surface area contributed by atoms with E-state index in [0.717, 1.165) is 19.3 Å². The molecule has 2 heteroatoms. The summed E-state index contributed by atoms with van der Waals surface area (Å²) in [5.74, 6) is 1.83. The number of fused-ring (bicyclic) bond motifs is 7. The van der Waals surface area contributed by atoms with Crippen molar-refractivity contribution < 1.29 is 10.2 Å². The summed E-state index contributed by atoms with van der Waals surface area (Å²) in [6, 6.07) is 0. The quantitative estimate of drug-likeness (QED) is 0.391. The highest BCUT2D eigenvalue weighted by atomic mass is 16.3. The van der Waals surface area contributed by atoms with Gasteiger partial charge in [-0.1, -0.05) is 67.0 Å². The fraction of sp³-hybridized carbons (Fsp3) is 0.933. The van der Waals surface area contributed by atoms with Crippen molar-refractivity contribution in [1.29, 1.82) is 0 Å². The summed E-state index contributed by atoms with van der Waals surface area (Å²) in [5.41, 5.74) is 2.86. The van der Waals surface area contributed by atoms with Crippen molar-refractivity contribution in [2.45, 2.75) is 125 Å². The van der Waals surface area contributed by atoms with E-state index in [4.69, 9.17) is 0 Å².